The van der Waals surface area contributed by atoms with Crippen molar-refractivity contribution in [2.75, 3.05) is 17.9 Å². The van der Waals surface area contributed by atoms with E-state index in [-0.39, 0.29) is 10.7 Å². The van der Waals surface area contributed by atoms with Crippen molar-refractivity contribution in [1.29, 1.82) is 0 Å². The van der Waals surface area contributed by atoms with Gasteiger partial charge in [-0.25, -0.2) is 12.8 Å². The van der Waals surface area contributed by atoms with Crippen molar-refractivity contribution in [1.82, 2.24) is 5.32 Å². The maximum atomic E-state index is 13.1. The second-order valence-electron chi connectivity index (χ2n) is 7.65. The van der Waals surface area contributed by atoms with Crippen LogP contribution in [0.15, 0.2) is 95.9 Å². The molecule has 0 aromatic heterocycles. The summed E-state index contributed by atoms with van der Waals surface area (Å²) in [6.45, 7) is 1.77. The lowest BCUT2D eigenvalue weighted by atomic mass is 10.1. The van der Waals surface area contributed by atoms with Crippen molar-refractivity contribution < 1.29 is 17.5 Å². The Bertz CT molecular complexity index is 1340. The highest BCUT2D eigenvalue weighted by atomic mass is 32.2. The third-order valence-electron chi connectivity index (χ3n) is 5.10. The van der Waals surface area contributed by atoms with Gasteiger partial charge in [0.2, 0.25) is 0 Å². The lowest BCUT2D eigenvalue weighted by Gasteiger charge is -2.11. The quantitative estimate of drug-likeness (QED) is 0.311. The Morgan fingerprint density at radius 1 is 0.818 bits per heavy atom. The molecule has 0 bridgehead atoms. The first-order valence-electron chi connectivity index (χ1n) is 10.7. The summed E-state index contributed by atoms with van der Waals surface area (Å²) in [4.78, 5) is 0.225. The van der Waals surface area contributed by atoms with E-state index in [4.69, 9.17) is 4.74 Å². The number of benzene rings is 4. The average molecular weight is 465 g/mol. The molecule has 4 rings (SSSR count). The fraction of sp³-hybridized carbons (Fsp3) is 0.154. The summed E-state index contributed by atoms with van der Waals surface area (Å²) < 4.78 is 47.1. The monoisotopic (exact) mass is 464 g/mol. The van der Waals surface area contributed by atoms with Crippen LogP contribution in [-0.2, 0) is 16.6 Å². The summed E-state index contributed by atoms with van der Waals surface area (Å²) >= 11 is 0. The van der Waals surface area contributed by atoms with Crippen molar-refractivity contribution in [2.24, 2.45) is 0 Å². The number of sulfonamides is 1. The molecule has 0 radical (unpaired) electrons. The zero-order valence-electron chi connectivity index (χ0n) is 18.0. The minimum absolute atomic E-state index is 0.225. The number of anilines is 1. The van der Waals surface area contributed by atoms with Gasteiger partial charge >= 0.3 is 0 Å². The van der Waals surface area contributed by atoms with E-state index < -0.39 is 10.0 Å². The van der Waals surface area contributed by atoms with Gasteiger partial charge in [-0.3, -0.25) is 4.72 Å². The Kier molecular flexibility index (Phi) is 7.22. The predicted octanol–water partition coefficient (Wildman–Crippen LogP) is 5.34. The van der Waals surface area contributed by atoms with Crippen LogP contribution in [-0.4, -0.2) is 21.6 Å². The van der Waals surface area contributed by atoms with E-state index in [1.165, 1.54) is 12.1 Å². The summed E-state index contributed by atoms with van der Waals surface area (Å²) in [6, 6.07) is 26.1. The number of halogens is 1. The van der Waals surface area contributed by atoms with Gasteiger partial charge in [0.15, 0.2) is 0 Å². The van der Waals surface area contributed by atoms with Gasteiger partial charge in [0.25, 0.3) is 10.0 Å². The van der Waals surface area contributed by atoms with Crippen molar-refractivity contribution in [3.63, 3.8) is 0 Å². The van der Waals surface area contributed by atoms with Crippen LogP contribution in [0.25, 0.3) is 10.8 Å². The van der Waals surface area contributed by atoms with E-state index >= 15 is 0 Å². The fourth-order valence-corrected chi connectivity index (χ4v) is 4.55. The topological polar surface area (TPSA) is 67.4 Å². The molecule has 170 valence electrons. The van der Waals surface area contributed by atoms with Gasteiger partial charge in [-0.1, -0.05) is 48.5 Å². The van der Waals surface area contributed by atoms with E-state index in [2.05, 4.69) is 10.0 Å². The normalized spacial score (nSPS) is 11.4. The van der Waals surface area contributed by atoms with E-state index in [1.807, 2.05) is 48.5 Å². The van der Waals surface area contributed by atoms with Crippen LogP contribution >= 0.6 is 0 Å². The maximum absolute atomic E-state index is 13.1. The molecule has 0 aliphatic heterocycles. The first kappa shape index (κ1) is 22.8. The lowest BCUT2D eigenvalue weighted by Crippen LogP contribution is -2.17. The van der Waals surface area contributed by atoms with Gasteiger partial charge in [0.05, 0.1) is 11.5 Å². The Hall–Kier alpha value is -3.42. The highest BCUT2D eigenvalue weighted by Gasteiger charge is 2.15. The van der Waals surface area contributed by atoms with Gasteiger partial charge in [0, 0.05) is 18.3 Å². The fourth-order valence-electron chi connectivity index (χ4n) is 3.47. The Morgan fingerprint density at radius 2 is 1.64 bits per heavy atom. The van der Waals surface area contributed by atoms with Crippen molar-refractivity contribution >= 4 is 26.5 Å². The Morgan fingerprint density at radius 3 is 2.48 bits per heavy atom. The molecule has 5 nitrogen and oxygen atoms in total. The molecule has 0 heterocycles. The molecule has 0 aliphatic rings. The van der Waals surface area contributed by atoms with Crippen LogP contribution < -0.4 is 14.8 Å². The molecule has 0 aliphatic carbocycles. The predicted molar refractivity (Wildman–Crippen MR) is 129 cm³/mol. The number of hydrogen-bond donors (Lipinski definition) is 2. The van der Waals surface area contributed by atoms with Crippen molar-refractivity contribution in [3.8, 4) is 5.75 Å². The molecule has 0 atom stereocenters. The summed E-state index contributed by atoms with van der Waals surface area (Å²) in [5.41, 5.74) is 1.47. The molecule has 4 aromatic rings. The van der Waals surface area contributed by atoms with Crippen LogP contribution in [0, 0.1) is 5.82 Å². The maximum Gasteiger partial charge on any atom is 0.261 e. The molecule has 7 heteroatoms. The second kappa shape index (κ2) is 10.5. The second-order valence-corrected chi connectivity index (χ2v) is 9.33. The average Bonchev–Trinajstić information content (AvgIpc) is 2.81. The molecule has 33 heavy (non-hydrogen) atoms. The summed E-state index contributed by atoms with van der Waals surface area (Å²) in [6.07, 6.45) is 0.755. The highest BCUT2D eigenvalue weighted by molar-refractivity contribution is 7.92. The minimum atomic E-state index is -3.70. The standard InChI is InChI=1S/C26H25FN2O3S/c27-23-9-4-11-25(18-23)32-15-5-14-28-19-20-6-3-10-24(16-20)29-33(30,31)26-13-12-21-7-1-2-8-22(21)17-26/h1-4,6-13,16-18,28-29H,5,14-15,19H2. The van der Waals surface area contributed by atoms with E-state index in [0.29, 0.717) is 31.1 Å². The summed E-state index contributed by atoms with van der Waals surface area (Å²) in [7, 11) is -3.70. The van der Waals surface area contributed by atoms with Crippen molar-refractivity contribution in [3.05, 3.63) is 102 Å². The first-order valence-corrected chi connectivity index (χ1v) is 12.2. The van der Waals surface area contributed by atoms with Crippen LogP contribution in [0.1, 0.15) is 12.0 Å². The number of fused-ring (bicyclic) bond motifs is 1. The molecular weight excluding hydrogens is 439 g/mol. The first-order chi connectivity index (χ1) is 16.0. The van der Waals surface area contributed by atoms with Gasteiger partial charge < -0.3 is 10.1 Å². The molecule has 0 spiro atoms. The molecule has 4 aromatic carbocycles. The smallest absolute Gasteiger partial charge is 0.261 e. The van der Waals surface area contributed by atoms with Gasteiger partial charge in [-0.05, 0) is 65.7 Å². The Balaban J connectivity index is 1.29. The molecule has 0 saturated carbocycles. The number of ether oxygens (including phenoxy) is 1. The van der Waals surface area contributed by atoms with Crippen LogP contribution in [0.4, 0.5) is 10.1 Å². The van der Waals surface area contributed by atoms with Crippen LogP contribution in [0.2, 0.25) is 0 Å². The molecule has 0 saturated heterocycles. The van der Waals surface area contributed by atoms with E-state index in [0.717, 1.165) is 22.8 Å². The molecule has 0 amide bonds. The number of rotatable bonds is 10. The molecular formula is C26H25FN2O3S. The lowest BCUT2D eigenvalue weighted by molar-refractivity contribution is 0.306. The van der Waals surface area contributed by atoms with Crippen molar-refractivity contribution in [2.45, 2.75) is 17.9 Å². The van der Waals surface area contributed by atoms with E-state index in [9.17, 15) is 12.8 Å². The van der Waals surface area contributed by atoms with E-state index in [1.54, 1.807) is 30.3 Å². The highest BCUT2D eigenvalue weighted by Crippen LogP contribution is 2.22. The summed E-state index contributed by atoms with van der Waals surface area (Å²) in [5, 5.41) is 5.18. The zero-order chi connectivity index (χ0) is 23.1. The van der Waals surface area contributed by atoms with Gasteiger partial charge in [-0.2, -0.15) is 0 Å². The number of nitrogens with one attached hydrogen (secondary N) is 2. The Labute approximate surface area is 193 Å². The molecule has 0 fully saturated rings. The molecule has 0 unspecified atom stereocenters. The number of hydrogen-bond acceptors (Lipinski definition) is 4. The zero-order valence-corrected chi connectivity index (χ0v) is 18.8. The third kappa shape index (κ3) is 6.31. The van der Waals surface area contributed by atoms with Crippen LogP contribution in [0.5, 0.6) is 5.75 Å². The molecule has 2 N–H and O–H groups in total. The van der Waals surface area contributed by atoms with Gasteiger partial charge in [-0.15, -0.1) is 0 Å². The third-order valence-corrected chi connectivity index (χ3v) is 6.48. The SMILES string of the molecule is O=S(=O)(Nc1cccc(CNCCCOc2cccc(F)c2)c1)c1ccc2ccccc2c1. The van der Waals surface area contributed by atoms with Crippen LogP contribution in [0.3, 0.4) is 0 Å². The minimum Gasteiger partial charge on any atom is -0.493 e. The largest absolute Gasteiger partial charge is 0.493 e. The van der Waals surface area contributed by atoms with Gasteiger partial charge in [0.1, 0.15) is 11.6 Å². The summed E-state index contributed by atoms with van der Waals surface area (Å²) in [5.74, 6) is 0.197.